The van der Waals surface area contributed by atoms with Crippen LogP contribution in [0.4, 0.5) is 0 Å². The Morgan fingerprint density at radius 1 is 0.269 bits per heavy atom. The molecule has 10 aromatic carbocycles. The molecule has 0 saturated carbocycles. The lowest BCUT2D eigenvalue weighted by molar-refractivity contribution is 1.18. The van der Waals surface area contributed by atoms with Gasteiger partial charge in [-0.05, 0) is 87.3 Å². The maximum absolute atomic E-state index is 5.56. The van der Waals surface area contributed by atoms with E-state index in [0.29, 0.717) is 5.82 Å². The summed E-state index contributed by atoms with van der Waals surface area (Å²) < 4.78 is 2.41. The molecule has 3 heterocycles. The molecule has 312 valence electrons. The van der Waals surface area contributed by atoms with Crippen LogP contribution in [0.25, 0.3) is 127 Å². The van der Waals surface area contributed by atoms with Gasteiger partial charge < -0.3 is 4.57 Å². The fourth-order valence-corrected chi connectivity index (χ4v) is 9.98. The normalized spacial score (nSPS) is 11.6. The first-order chi connectivity index (χ1) is 33.2. The average Bonchev–Trinajstić information content (AvgIpc) is 3.75. The smallest absolute Gasteiger partial charge is 0.160 e. The molecule has 4 heteroatoms. The van der Waals surface area contributed by atoms with Crippen LogP contribution in [-0.2, 0) is 0 Å². The van der Waals surface area contributed by atoms with Gasteiger partial charge in [0.25, 0.3) is 0 Å². The fourth-order valence-electron chi connectivity index (χ4n) is 9.98. The van der Waals surface area contributed by atoms with E-state index < -0.39 is 0 Å². The van der Waals surface area contributed by atoms with Crippen LogP contribution in [0.5, 0.6) is 0 Å². The van der Waals surface area contributed by atoms with Gasteiger partial charge >= 0.3 is 0 Å². The maximum atomic E-state index is 5.56. The van der Waals surface area contributed by atoms with Crippen LogP contribution in [0, 0.1) is 0 Å². The molecule has 0 radical (unpaired) electrons. The molecule has 3 aromatic heterocycles. The second-order valence-electron chi connectivity index (χ2n) is 17.2. The molecule has 0 spiro atoms. The van der Waals surface area contributed by atoms with Gasteiger partial charge in [0.05, 0.1) is 33.5 Å². The first-order valence-electron chi connectivity index (χ1n) is 22.8. The minimum absolute atomic E-state index is 0.681. The zero-order valence-corrected chi connectivity index (χ0v) is 36.4. The van der Waals surface area contributed by atoms with E-state index in [9.17, 15) is 0 Å². The number of hydrogen-bond donors (Lipinski definition) is 0. The number of rotatable bonds is 7. The summed E-state index contributed by atoms with van der Waals surface area (Å²) in [6.45, 7) is 0. The molecule has 4 nitrogen and oxygen atoms in total. The zero-order valence-electron chi connectivity index (χ0n) is 36.4. The maximum Gasteiger partial charge on any atom is 0.160 e. The average molecular weight is 853 g/mol. The van der Waals surface area contributed by atoms with Gasteiger partial charge in [-0.15, -0.1) is 0 Å². The second-order valence-corrected chi connectivity index (χ2v) is 17.2. The minimum atomic E-state index is 0.681. The van der Waals surface area contributed by atoms with Crippen molar-refractivity contribution in [3.63, 3.8) is 0 Å². The summed E-state index contributed by atoms with van der Waals surface area (Å²) >= 11 is 0. The van der Waals surface area contributed by atoms with Crippen LogP contribution in [0.2, 0.25) is 0 Å². The highest BCUT2D eigenvalue weighted by Crippen LogP contribution is 2.42. The van der Waals surface area contributed by atoms with Crippen molar-refractivity contribution < 1.29 is 0 Å². The third-order valence-corrected chi connectivity index (χ3v) is 13.1. The van der Waals surface area contributed by atoms with Gasteiger partial charge in [-0.25, -0.2) is 15.0 Å². The van der Waals surface area contributed by atoms with Crippen molar-refractivity contribution in [2.45, 2.75) is 0 Å². The van der Waals surface area contributed by atoms with Gasteiger partial charge in [-0.2, -0.15) is 0 Å². The number of fused-ring (bicyclic) bond motifs is 8. The molecule has 0 fully saturated rings. The molecule has 0 atom stereocenters. The van der Waals surface area contributed by atoms with E-state index in [-0.39, 0.29) is 0 Å². The Labute approximate surface area is 387 Å². The van der Waals surface area contributed by atoms with E-state index in [2.05, 4.69) is 247 Å². The van der Waals surface area contributed by atoms with Crippen LogP contribution < -0.4 is 0 Å². The van der Waals surface area contributed by atoms with Gasteiger partial charge in [-0.1, -0.05) is 194 Å². The molecule has 0 saturated heterocycles. The topological polar surface area (TPSA) is 43.6 Å². The lowest BCUT2D eigenvalue weighted by Gasteiger charge is -2.14. The molecule has 13 aromatic rings. The van der Waals surface area contributed by atoms with Crippen molar-refractivity contribution in [1.29, 1.82) is 0 Å². The highest BCUT2D eigenvalue weighted by atomic mass is 15.0. The van der Waals surface area contributed by atoms with Crippen molar-refractivity contribution in [3.05, 3.63) is 243 Å². The van der Waals surface area contributed by atoms with Crippen molar-refractivity contribution in [2.75, 3.05) is 0 Å². The van der Waals surface area contributed by atoms with Gasteiger partial charge in [0.1, 0.15) is 0 Å². The molecule has 0 aliphatic carbocycles. The van der Waals surface area contributed by atoms with Crippen LogP contribution in [0.15, 0.2) is 243 Å². The van der Waals surface area contributed by atoms with Gasteiger partial charge in [-0.3, -0.25) is 0 Å². The SMILES string of the molecule is c1ccc(-c2cc(-c3ccccc3)cc(-c3nc(-c4cccc(-c5ccc6c7ccc8c9ccccc9c(-c9ccccc9)nc8c7n(-c7ccccc7)c6c5)c4)nc4ccccc34)c2)cc1. The monoisotopic (exact) mass is 852 g/mol. The third kappa shape index (κ3) is 6.65. The highest BCUT2D eigenvalue weighted by molar-refractivity contribution is 6.23. The number of nitrogens with zero attached hydrogens (tertiary/aromatic N) is 4. The minimum Gasteiger partial charge on any atom is -0.307 e. The quantitative estimate of drug-likeness (QED) is 0.150. The number of benzene rings is 10. The van der Waals surface area contributed by atoms with E-state index >= 15 is 0 Å². The Kier molecular flexibility index (Phi) is 9.14. The third-order valence-electron chi connectivity index (χ3n) is 13.1. The van der Waals surface area contributed by atoms with Crippen LogP contribution in [0.1, 0.15) is 0 Å². The molecule has 0 aliphatic heterocycles. The molecule has 67 heavy (non-hydrogen) atoms. The number of pyridine rings is 1. The lowest BCUT2D eigenvalue weighted by atomic mass is 9.94. The number of hydrogen-bond acceptors (Lipinski definition) is 3. The molecule has 0 bridgehead atoms. The summed E-state index contributed by atoms with van der Waals surface area (Å²) in [6.07, 6.45) is 0. The summed E-state index contributed by atoms with van der Waals surface area (Å²) in [5.41, 5.74) is 16.9. The Balaban J connectivity index is 0.991. The lowest BCUT2D eigenvalue weighted by Crippen LogP contribution is -1.97. The standard InChI is InChI=1S/C63H40N4/c1-5-18-41(19-6-1)47-37-48(42-20-7-2-8-21-42)39-49(38-47)60-56-30-15-16-31-57(56)64-63(66-60)46-25-17-24-44(36-46)45-32-33-52-55-35-34-54-51-28-13-14-29-53(51)59(43-22-9-3-10-23-43)65-61(54)62(55)67(58(52)40-45)50-26-11-4-12-27-50/h1-40H. The Hall–Kier alpha value is -8.99. The van der Waals surface area contributed by atoms with Crippen molar-refractivity contribution in [2.24, 2.45) is 0 Å². The highest BCUT2D eigenvalue weighted by Gasteiger charge is 2.21. The number of aromatic nitrogens is 4. The molecule has 13 rings (SSSR count). The molecule has 0 N–H and O–H groups in total. The molecule has 0 amide bonds. The largest absolute Gasteiger partial charge is 0.307 e. The summed E-state index contributed by atoms with van der Waals surface area (Å²) in [5.74, 6) is 0.681. The zero-order chi connectivity index (χ0) is 44.3. The molecular weight excluding hydrogens is 813 g/mol. The van der Waals surface area contributed by atoms with Crippen LogP contribution in [0.3, 0.4) is 0 Å². The Morgan fingerprint density at radius 2 is 0.776 bits per heavy atom. The molecular formula is C63H40N4. The summed E-state index contributed by atoms with van der Waals surface area (Å²) in [4.78, 5) is 16.2. The summed E-state index contributed by atoms with van der Waals surface area (Å²) in [5, 5.41) is 6.81. The van der Waals surface area contributed by atoms with E-state index in [1.54, 1.807) is 0 Å². The van der Waals surface area contributed by atoms with Crippen LogP contribution in [-0.4, -0.2) is 19.5 Å². The molecule has 0 aliphatic rings. The summed E-state index contributed by atoms with van der Waals surface area (Å²) in [6, 6.07) is 86.3. The van der Waals surface area contributed by atoms with E-state index in [1.807, 2.05) is 0 Å². The first kappa shape index (κ1) is 38.5. The summed E-state index contributed by atoms with van der Waals surface area (Å²) in [7, 11) is 0. The van der Waals surface area contributed by atoms with Gasteiger partial charge in [0.15, 0.2) is 5.82 Å². The predicted octanol–water partition coefficient (Wildman–Crippen LogP) is 16.4. The van der Waals surface area contributed by atoms with E-state index in [4.69, 9.17) is 15.0 Å². The van der Waals surface area contributed by atoms with Crippen molar-refractivity contribution in [3.8, 4) is 73.0 Å². The van der Waals surface area contributed by atoms with Gasteiger partial charge in [0.2, 0.25) is 0 Å². The van der Waals surface area contributed by atoms with Gasteiger partial charge in [0, 0.05) is 49.3 Å². The van der Waals surface area contributed by atoms with E-state index in [0.717, 1.165) is 111 Å². The van der Waals surface area contributed by atoms with Crippen LogP contribution >= 0.6 is 0 Å². The Morgan fingerprint density at radius 3 is 1.49 bits per heavy atom. The van der Waals surface area contributed by atoms with Crippen molar-refractivity contribution >= 4 is 54.4 Å². The van der Waals surface area contributed by atoms with Crippen molar-refractivity contribution in [1.82, 2.24) is 19.5 Å². The first-order valence-corrected chi connectivity index (χ1v) is 22.8. The second kappa shape index (κ2) is 15.9. The number of para-hydroxylation sites is 2. The molecule has 0 unspecified atom stereocenters. The predicted molar refractivity (Wildman–Crippen MR) is 279 cm³/mol. The fraction of sp³-hybridized carbons (Fsp3) is 0. The Bertz CT molecular complexity index is 3950. The van der Waals surface area contributed by atoms with E-state index in [1.165, 1.54) is 10.8 Å².